The van der Waals surface area contributed by atoms with Gasteiger partial charge < -0.3 is 16.0 Å². The minimum atomic E-state index is -0.0491. The van der Waals surface area contributed by atoms with Gasteiger partial charge in [0.05, 0.1) is 18.6 Å². The van der Waals surface area contributed by atoms with Gasteiger partial charge in [0.1, 0.15) is 12.7 Å². The molecule has 148 valence electrons. The predicted octanol–water partition coefficient (Wildman–Crippen LogP) is 1.99. The monoisotopic (exact) mass is 400 g/mol. The SMILES string of the molecule is O=C(CCCC[C@@H]1SC[C@@H]2NC(=O)N[C@@H]21)Nc1ccc(Cn2cncn2)cc1. The average molecular weight is 401 g/mol. The third-order valence-electron chi connectivity index (χ3n) is 5.13. The number of benzene rings is 1. The van der Waals surface area contributed by atoms with Gasteiger partial charge in [-0.25, -0.2) is 14.5 Å². The Labute approximate surface area is 167 Å². The molecule has 4 rings (SSSR count). The molecular formula is C19H24N6O2S. The lowest BCUT2D eigenvalue weighted by Gasteiger charge is -2.16. The van der Waals surface area contributed by atoms with Crippen LogP contribution in [-0.4, -0.2) is 49.8 Å². The number of rotatable bonds is 8. The number of urea groups is 1. The fourth-order valence-corrected chi connectivity index (χ4v) is 5.24. The molecule has 1 aromatic heterocycles. The molecule has 28 heavy (non-hydrogen) atoms. The van der Waals surface area contributed by atoms with Crippen LogP contribution in [0.4, 0.5) is 10.5 Å². The van der Waals surface area contributed by atoms with Crippen LogP contribution >= 0.6 is 11.8 Å². The maximum Gasteiger partial charge on any atom is 0.315 e. The summed E-state index contributed by atoms with van der Waals surface area (Å²) in [5, 5.41) is 13.4. The van der Waals surface area contributed by atoms with Gasteiger partial charge in [-0.15, -0.1) is 0 Å². The van der Waals surface area contributed by atoms with Crippen LogP contribution in [0.5, 0.6) is 0 Å². The number of carbonyl (C=O) groups is 2. The number of carbonyl (C=O) groups excluding carboxylic acids is 2. The van der Waals surface area contributed by atoms with Gasteiger partial charge >= 0.3 is 6.03 Å². The van der Waals surface area contributed by atoms with E-state index in [2.05, 4.69) is 26.0 Å². The van der Waals surface area contributed by atoms with Gasteiger partial charge in [0.2, 0.25) is 5.91 Å². The summed E-state index contributed by atoms with van der Waals surface area (Å²) in [7, 11) is 0. The fourth-order valence-electron chi connectivity index (χ4n) is 3.69. The number of nitrogens with zero attached hydrogens (tertiary/aromatic N) is 3. The van der Waals surface area contributed by atoms with Crippen LogP contribution in [0, 0.1) is 0 Å². The second kappa shape index (κ2) is 8.64. The van der Waals surface area contributed by atoms with E-state index >= 15 is 0 Å². The molecule has 3 amide bonds. The van der Waals surface area contributed by atoms with Crippen molar-refractivity contribution in [1.82, 2.24) is 25.4 Å². The summed E-state index contributed by atoms with van der Waals surface area (Å²) in [6.07, 6.45) is 6.57. The Balaban J connectivity index is 1.15. The second-order valence-electron chi connectivity index (χ2n) is 7.21. The highest BCUT2D eigenvalue weighted by molar-refractivity contribution is 8.00. The smallest absolute Gasteiger partial charge is 0.315 e. The quantitative estimate of drug-likeness (QED) is 0.465. The van der Waals surface area contributed by atoms with Crippen LogP contribution in [0.2, 0.25) is 0 Å². The highest BCUT2D eigenvalue weighted by atomic mass is 32.2. The van der Waals surface area contributed by atoms with Gasteiger partial charge in [-0.05, 0) is 30.5 Å². The van der Waals surface area contributed by atoms with E-state index in [1.54, 1.807) is 11.0 Å². The Hall–Kier alpha value is -2.55. The van der Waals surface area contributed by atoms with E-state index in [0.29, 0.717) is 18.2 Å². The van der Waals surface area contributed by atoms with Crippen LogP contribution in [0.1, 0.15) is 31.2 Å². The number of thioether (sulfide) groups is 1. The van der Waals surface area contributed by atoms with Crippen molar-refractivity contribution in [2.24, 2.45) is 0 Å². The lowest BCUT2D eigenvalue weighted by atomic mass is 10.0. The zero-order valence-corrected chi connectivity index (χ0v) is 16.3. The van der Waals surface area contributed by atoms with E-state index in [1.807, 2.05) is 36.0 Å². The van der Waals surface area contributed by atoms with Crippen molar-refractivity contribution >= 4 is 29.4 Å². The molecule has 2 aromatic rings. The van der Waals surface area contributed by atoms with Crippen molar-refractivity contribution in [3.63, 3.8) is 0 Å². The highest BCUT2D eigenvalue weighted by Crippen LogP contribution is 2.33. The number of hydrogen-bond acceptors (Lipinski definition) is 5. The maximum atomic E-state index is 12.2. The summed E-state index contributed by atoms with van der Waals surface area (Å²) in [4.78, 5) is 27.5. The van der Waals surface area contributed by atoms with Crippen LogP contribution in [0.3, 0.4) is 0 Å². The fraction of sp³-hybridized carbons (Fsp3) is 0.474. The first-order valence-corrected chi connectivity index (χ1v) is 10.6. The first-order chi connectivity index (χ1) is 13.7. The normalized spacial score (nSPS) is 23.1. The molecule has 0 bridgehead atoms. The van der Waals surface area contributed by atoms with Crippen LogP contribution in [-0.2, 0) is 11.3 Å². The van der Waals surface area contributed by atoms with Crippen molar-refractivity contribution in [2.75, 3.05) is 11.1 Å². The zero-order valence-electron chi connectivity index (χ0n) is 15.5. The molecule has 0 spiro atoms. The molecule has 2 aliphatic rings. The van der Waals surface area contributed by atoms with Gasteiger partial charge in [-0.2, -0.15) is 16.9 Å². The Bertz CT molecular complexity index is 810. The minimum Gasteiger partial charge on any atom is -0.332 e. The Kier molecular flexibility index (Phi) is 5.80. The molecule has 2 saturated heterocycles. The van der Waals surface area contributed by atoms with E-state index in [-0.39, 0.29) is 24.0 Å². The Morgan fingerprint density at radius 3 is 2.89 bits per heavy atom. The van der Waals surface area contributed by atoms with Crippen LogP contribution in [0.15, 0.2) is 36.9 Å². The summed E-state index contributed by atoms with van der Waals surface area (Å²) in [6, 6.07) is 8.24. The van der Waals surface area contributed by atoms with Crippen LogP contribution in [0.25, 0.3) is 0 Å². The topological polar surface area (TPSA) is 101 Å². The van der Waals surface area contributed by atoms with Crippen molar-refractivity contribution in [3.05, 3.63) is 42.5 Å². The minimum absolute atomic E-state index is 0.0387. The first-order valence-electron chi connectivity index (χ1n) is 9.57. The Morgan fingerprint density at radius 2 is 2.11 bits per heavy atom. The summed E-state index contributed by atoms with van der Waals surface area (Å²) in [5.74, 6) is 1.01. The number of hydrogen-bond donors (Lipinski definition) is 3. The summed E-state index contributed by atoms with van der Waals surface area (Å²) < 4.78 is 1.76. The Morgan fingerprint density at radius 1 is 1.25 bits per heavy atom. The van der Waals surface area contributed by atoms with E-state index in [9.17, 15) is 9.59 Å². The molecule has 0 unspecified atom stereocenters. The molecule has 3 atom stereocenters. The van der Waals surface area contributed by atoms with E-state index in [4.69, 9.17) is 0 Å². The average Bonchev–Trinajstić information content (AvgIpc) is 3.39. The van der Waals surface area contributed by atoms with E-state index in [1.165, 1.54) is 6.33 Å². The number of nitrogens with one attached hydrogen (secondary N) is 3. The molecule has 0 radical (unpaired) electrons. The summed E-state index contributed by atoms with van der Waals surface area (Å²) in [6.45, 7) is 0.658. The molecular weight excluding hydrogens is 376 g/mol. The molecule has 0 aliphatic carbocycles. The molecule has 2 fully saturated rings. The van der Waals surface area contributed by atoms with Crippen molar-refractivity contribution in [2.45, 2.75) is 49.6 Å². The standard InChI is InChI=1S/C19H24N6O2S/c26-17(4-2-1-3-16-18-15(10-28-16)23-19(27)24-18)22-14-7-5-13(6-8-14)9-25-12-20-11-21-25/h5-8,11-12,15-16,18H,1-4,9-10H2,(H,22,26)(H2,23,24,27)/t15-,16-,18-/m0/s1. The van der Waals surface area contributed by atoms with Crippen molar-refractivity contribution in [1.29, 1.82) is 0 Å². The van der Waals surface area contributed by atoms with Crippen molar-refractivity contribution in [3.8, 4) is 0 Å². The largest absolute Gasteiger partial charge is 0.332 e. The number of aromatic nitrogens is 3. The van der Waals surface area contributed by atoms with E-state index < -0.39 is 0 Å². The molecule has 1 aromatic carbocycles. The number of anilines is 1. The van der Waals surface area contributed by atoms with Crippen LogP contribution < -0.4 is 16.0 Å². The lowest BCUT2D eigenvalue weighted by Crippen LogP contribution is -2.36. The summed E-state index contributed by atoms with van der Waals surface area (Å²) in [5.41, 5.74) is 1.91. The number of unbranched alkanes of at least 4 members (excludes halogenated alkanes) is 1. The van der Waals surface area contributed by atoms with Crippen molar-refractivity contribution < 1.29 is 9.59 Å². The molecule has 3 heterocycles. The summed E-state index contributed by atoms with van der Waals surface area (Å²) >= 11 is 1.91. The van der Waals surface area contributed by atoms with Gasteiger partial charge in [-0.3, -0.25) is 4.79 Å². The molecule has 9 heteroatoms. The second-order valence-corrected chi connectivity index (χ2v) is 8.48. The third kappa shape index (κ3) is 4.64. The van der Waals surface area contributed by atoms with Gasteiger partial charge in [0.15, 0.2) is 0 Å². The van der Waals surface area contributed by atoms with E-state index in [0.717, 1.165) is 36.3 Å². The molecule has 8 nitrogen and oxygen atoms in total. The van der Waals surface area contributed by atoms with Gasteiger partial charge in [-0.1, -0.05) is 18.6 Å². The predicted molar refractivity (Wildman–Crippen MR) is 108 cm³/mol. The van der Waals surface area contributed by atoms with Gasteiger partial charge in [0, 0.05) is 23.1 Å². The molecule has 2 aliphatic heterocycles. The highest BCUT2D eigenvalue weighted by Gasteiger charge is 2.42. The first kappa shape index (κ1) is 18.8. The molecule has 3 N–H and O–H groups in total. The third-order valence-corrected chi connectivity index (χ3v) is 6.64. The number of fused-ring (bicyclic) bond motifs is 1. The molecule has 0 saturated carbocycles. The maximum absolute atomic E-state index is 12.2. The number of amides is 3. The van der Waals surface area contributed by atoms with Gasteiger partial charge in [0.25, 0.3) is 0 Å². The zero-order chi connectivity index (χ0) is 19.3. The lowest BCUT2D eigenvalue weighted by molar-refractivity contribution is -0.116.